The smallest absolute Gasteiger partial charge is 0.232 e. The third-order valence-electron chi connectivity index (χ3n) is 2.25. The van der Waals surface area contributed by atoms with E-state index in [1.807, 2.05) is 0 Å². The van der Waals surface area contributed by atoms with Crippen LogP contribution in [0.1, 0.15) is 20.3 Å². The highest BCUT2D eigenvalue weighted by molar-refractivity contribution is 9.10. The molecule has 1 rings (SSSR count). The molecule has 0 spiro atoms. The number of carbonyl (C=O) groups is 1. The quantitative estimate of drug-likeness (QED) is 0.797. The van der Waals surface area contributed by atoms with E-state index >= 15 is 0 Å². The van der Waals surface area contributed by atoms with Gasteiger partial charge in [0, 0.05) is 19.5 Å². The van der Waals surface area contributed by atoms with Crippen molar-refractivity contribution in [2.75, 3.05) is 25.5 Å². The number of hydrogen-bond donors (Lipinski definition) is 2. The Morgan fingerprint density at radius 2 is 2.26 bits per heavy atom. The van der Waals surface area contributed by atoms with Crippen LogP contribution in [0.15, 0.2) is 10.7 Å². The Balaban J connectivity index is 2.35. The van der Waals surface area contributed by atoms with Gasteiger partial charge in [0.05, 0.1) is 17.8 Å². The third-order valence-corrected chi connectivity index (χ3v) is 2.79. The van der Waals surface area contributed by atoms with Gasteiger partial charge in [0.1, 0.15) is 0 Å². The van der Waals surface area contributed by atoms with E-state index in [4.69, 9.17) is 4.74 Å². The summed E-state index contributed by atoms with van der Waals surface area (Å²) in [7, 11) is 1.54. The molecule has 0 aromatic carbocycles. The maximum atomic E-state index is 11.5. The van der Waals surface area contributed by atoms with E-state index in [9.17, 15) is 4.79 Å². The van der Waals surface area contributed by atoms with Crippen LogP contribution in [0.2, 0.25) is 0 Å². The maximum absolute atomic E-state index is 11.5. The number of ether oxygens (including phenoxy) is 1. The maximum Gasteiger partial charge on any atom is 0.232 e. The molecule has 1 amide bonds. The summed E-state index contributed by atoms with van der Waals surface area (Å²) < 4.78 is 5.75. The van der Waals surface area contributed by atoms with Gasteiger partial charge in [-0.25, -0.2) is 4.98 Å². The highest BCUT2D eigenvalue weighted by Gasteiger charge is 2.06. The molecule has 106 valence electrons. The first-order valence-corrected chi connectivity index (χ1v) is 6.89. The molecule has 1 aromatic heterocycles. The van der Waals surface area contributed by atoms with E-state index in [2.05, 4.69) is 50.4 Å². The number of carbonyl (C=O) groups excluding carboxylic acids is 1. The highest BCUT2D eigenvalue weighted by Crippen LogP contribution is 2.21. The molecule has 0 saturated heterocycles. The molecule has 2 N–H and O–H groups in total. The molecular formula is C12H19BrN4O2. The van der Waals surface area contributed by atoms with Crippen LogP contribution in [0.25, 0.3) is 0 Å². The molecule has 0 unspecified atom stereocenters. The summed E-state index contributed by atoms with van der Waals surface area (Å²) in [5.74, 6) is 1.37. The van der Waals surface area contributed by atoms with Crippen LogP contribution in [0.4, 0.5) is 5.95 Å². The standard InChI is InChI=1S/C12H19BrN4O2/c1-8(2)6-15-10(18)4-5-14-12-16-7-9(13)11(17-12)19-3/h7-8H,4-6H2,1-3H3,(H,15,18)(H,14,16,17). The first-order chi connectivity index (χ1) is 9.02. The molecule has 6 nitrogen and oxygen atoms in total. The van der Waals surface area contributed by atoms with Crippen LogP contribution in [-0.4, -0.2) is 36.1 Å². The number of aromatic nitrogens is 2. The normalized spacial score (nSPS) is 10.4. The molecule has 0 aliphatic carbocycles. The van der Waals surface area contributed by atoms with Crippen LogP contribution in [0.3, 0.4) is 0 Å². The number of nitrogens with one attached hydrogen (secondary N) is 2. The van der Waals surface area contributed by atoms with Crippen molar-refractivity contribution in [3.63, 3.8) is 0 Å². The molecule has 0 bridgehead atoms. The van der Waals surface area contributed by atoms with Gasteiger partial charge in [0.15, 0.2) is 0 Å². The molecule has 0 atom stereocenters. The fourth-order valence-corrected chi connectivity index (χ4v) is 1.63. The van der Waals surface area contributed by atoms with Crippen molar-refractivity contribution in [2.45, 2.75) is 20.3 Å². The number of anilines is 1. The number of halogens is 1. The lowest BCUT2D eigenvalue weighted by molar-refractivity contribution is -0.120. The second-order valence-electron chi connectivity index (χ2n) is 4.43. The Kier molecular flexibility index (Phi) is 6.55. The van der Waals surface area contributed by atoms with Crippen LogP contribution < -0.4 is 15.4 Å². The molecule has 0 saturated carbocycles. The predicted octanol–water partition coefficient (Wildman–Crippen LogP) is 1.82. The number of hydrogen-bond acceptors (Lipinski definition) is 5. The largest absolute Gasteiger partial charge is 0.480 e. The summed E-state index contributed by atoms with van der Waals surface area (Å²) in [6.07, 6.45) is 1.99. The number of amides is 1. The van der Waals surface area contributed by atoms with Gasteiger partial charge in [0.25, 0.3) is 0 Å². The van der Waals surface area contributed by atoms with Crippen LogP contribution >= 0.6 is 15.9 Å². The van der Waals surface area contributed by atoms with Crippen molar-refractivity contribution >= 4 is 27.8 Å². The Morgan fingerprint density at radius 1 is 1.53 bits per heavy atom. The zero-order chi connectivity index (χ0) is 14.3. The molecule has 0 aliphatic heterocycles. The molecular weight excluding hydrogens is 312 g/mol. The lowest BCUT2D eigenvalue weighted by Gasteiger charge is -2.09. The number of rotatable bonds is 7. The molecule has 19 heavy (non-hydrogen) atoms. The SMILES string of the molecule is COc1nc(NCCC(=O)NCC(C)C)ncc1Br. The third kappa shape index (κ3) is 5.87. The van der Waals surface area contributed by atoms with Gasteiger partial charge in [-0.3, -0.25) is 4.79 Å². The summed E-state index contributed by atoms with van der Waals surface area (Å²) >= 11 is 3.27. The van der Waals surface area contributed by atoms with E-state index in [0.29, 0.717) is 41.7 Å². The number of nitrogens with zero attached hydrogens (tertiary/aromatic N) is 2. The van der Waals surface area contributed by atoms with Crippen molar-refractivity contribution < 1.29 is 9.53 Å². The Hall–Kier alpha value is -1.37. The lowest BCUT2D eigenvalue weighted by Crippen LogP contribution is -2.28. The van der Waals surface area contributed by atoms with Gasteiger partial charge in [-0.15, -0.1) is 0 Å². The predicted molar refractivity (Wildman–Crippen MR) is 77.2 cm³/mol. The second kappa shape index (κ2) is 7.93. The molecule has 1 aromatic rings. The van der Waals surface area contributed by atoms with E-state index in [-0.39, 0.29) is 5.91 Å². The van der Waals surface area contributed by atoms with Gasteiger partial charge < -0.3 is 15.4 Å². The first kappa shape index (κ1) is 15.7. The van der Waals surface area contributed by atoms with Crippen molar-refractivity contribution in [3.8, 4) is 5.88 Å². The van der Waals surface area contributed by atoms with Gasteiger partial charge in [0.2, 0.25) is 17.7 Å². The summed E-state index contributed by atoms with van der Waals surface area (Å²) in [6, 6.07) is 0. The minimum atomic E-state index is 0.0188. The van der Waals surface area contributed by atoms with Gasteiger partial charge in [-0.05, 0) is 21.8 Å². The van der Waals surface area contributed by atoms with E-state index in [0.717, 1.165) is 0 Å². The van der Waals surface area contributed by atoms with Crippen LogP contribution in [-0.2, 0) is 4.79 Å². The lowest BCUT2D eigenvalue weighted by atomic mass is 10.2. The van der Waals surface area contributed by atoms with E-state index in [1.165, 1.54) is 7.11 Å². The van der Waals surface area contributed by atoms with Gasteiger partial charge in [-0.1, -0.05) is 13.8 Å². The minimum Gasteiger partial charge on any atom is -0.480 e. The molecule has 0 fully saturated rings. The fraction of sp³-hybridized carbons (Fsp3) is 0.583. The molecule has 0 aliphatic rings. The summed E-state index contributed by atoms with van der Waals surface area (Å²) in [6.45, 7) is 5.29. The average Bonchev–Trinajstić information content (AvgIpc) is 2.38. The van der Waals surface area contributed by atoms with Crippen molar-refractivity contribution in [1.82, 2.24) is 15.3 Å². The molecule has 0 radical (unpaired) electrons. The topological polar surface area (TPSA) is 76.1 Å². The fourth-order valence-electron chi connectivity index (χ4n) is 1.27. The molecule has 7 heteroatoms. The van der Waals surface area contributed by atoms with E-state index < -0.39 is 0 Å². The summed E-state index contributed by atoms with van der Waals surface area (Å²) in [5, 5.41) is 5.83. The van der Waals surface area contributed by atoms with Crippen molar-refractivity contribution in [2.24, 2.45) is 5.92 Å². The Morgan fingerprint density at radius 3 is 2.89 bits per heavy atom. The number of methoxy groups -OCH3 is 1. The van der Waals surface area contributed by atoms with Crippen molar-refractivity contribution in [1.29, 1.82) is 0 Å². The van der Waals surface area contributed by atoms with Gasteiger partial charge in [-0.2, -0.15) is 4.98 Å². The summed E-state index contributed by atoms with van der Waals surface area (Å²) in [5.41, 5.74) is 0. The minimum absolute atomic E-state index is 0.0188. The molecule has 1 heterocycles. The average molecular weight is 331 g/mol. The Labute approximate surface area is 121 Å². The highest BCUT2D eigenvalue weighted by atomic mass is 79.9. The first-order valence-electron chi connectivity index (χ1n) is 6.10. The zero-order valence-electron chi connectivity index (χ0n) is 11.4. The van der Waals surface area contributed by atoms with E-state index in [1.54, 1.807) is 6.20 Å². The zero-order valence-corrected chi connectivity index (χ0v) is 13.0. The van der Waals surface area contributed by atoms with Gasteiger partial charge >= 0.3 is 0 Å². The van der Waals surface area contributed by atoms with Crippen LogP contribution in [0.5, 0.6) is 5.88 Å². The second-order valence-corrected chi connectivity index (χ2v) is 5.28. The summed E-state index contributed by atoms with van der Waals surface area (Å²) in [4.78, 5) is 19.7. The van der Waals surface area contributed by atoms with Crippen LogP contribution in [0, 0.1) is 5.92 Å². The monoisotopic (exact) mass is 330 g/mol. The Bertz CT molecular complexity index is 426. The van der Waals surface area contributed by atoms with Crippen molar-refractivity contribution in [3.05, 3.63) is 10.7 Å².